The average Bonchev–Trinajstić information content (AvgIpc) is 2.53. The van der Waals surface area contributed by atoms with Crippen molar-refractivity contribution in [3.8, 4) is 11.8 Å². The van der Waals surface area contributed by atoms with Crippen molar-refractivity contribution in [1.29, 1.82) is 5.26 Å². The number of para-hydroxylation sites is 1. The maximum atomic E-state index is 9.32. The molecule has 0 spiro atoms. The van der Waals surface area contributed by atoms with E-state index in [0.717, 1.165) is 22.0 Å². The SMILES string of the molecule is N#C/C(=C\c1cnc2ccccc2c1)c1ccc(O)cc1. The predicted octanol–water partition coefficient (Wildman–Crippen LogP) is 4.00. The highest BCUT2D eigenvalue weighted by Gasteiger charge is 2.02. The van der Waals surface area contributed by atoms with E-state index in [1.54, 1.807) is 36.5 Å². The van der Waals surface area contributed by atoms with Crippen molar-refractivity contribution in [1.82, 2.24) is 4.98 Å². The van der Waals surface area contributed by atoms with Crippen molar-refractivity contribution < 1.29 is 5.11 Å². The van der Waals surface area contributed by atoms with Gasteiger partial charge in [0.1, 0.15) is 5.75 Å². The second kappa shape index (κ2) is 5.48. The number of phenols is 1. The van der Waals surface area contributed by atoms with Crippen LogP contribution >= 0.6 is 0 Å². The van der Waals surface area contributed by atoms with E-state index in [2.05, 4.69) is 11.1 Å². The number of hydrogen-bond donors (Lipinski definition) is 1. The van der Waals surface area contributed by atoms with E-state index in [9.17, 15) is 10.4 Å². The van der Waals surface area contributed by atoms with Crippen LogP contribution < -0.4 is 0 Å². The molecule has 0 aliphatic heterocycles. The first-order valence-corrected chi connectivity index (χ1v) is 6.52. The summed E-state index contributed by atoms with van der Waals surface area (Å²) in [6.45, 7) is 0. The zero-order chi connectivity index (χ0) is 14.7. The van der Waals surface area contributed by atoms with E-state index >= 15 is 0 Å². The van der Waals surface area contributed by atoms with Crippen LogP contribution in [0.25, 0.3) is 22.6 Å². The van der Waals surface area contributed by atoms with E-state index in [1.807, 2.05) is 30.3 Å². The van der Waals surface area contributed by atoms with Crippen molar-refractivity contribution in [3.05, 3.63) is 71.9 Å². The number of aromatic hydroxyl groups is 1. The summed E-state index contributed by atoms with van der Waals surface area (Å²) >= 11 is 0. The van der Waals surface area contributed by atoms with Crippen LogP contribution in [0.1, 0.15) is 11.1 Å². The van der Waals surface area contributed by atoms with Crippen LogP contribution in [-0.2, 0) is 0 Å². The number of phenolic OH excluding ortho intramolecular Hbond substituents is 1. The minimum absolute atomic E-state index is 0.184. The van der Waals surface area contributed by atoms with Crippen molar-refractivity contribution in [2.45, 2.75) is 0 Å². The molecule has 0 amide bonds. The van der Waals surface area contributed by atoms with Crippen molar-refractivity contribution >= 4 is 22.6 Å². The van der Waals surface area contributed by atoms with Crippen molar-refractivity contribution in [2.75, 3.05) is 0 Å². The number of nitrogens with zero attached hydrogens (tertiary/aromatic N) is 2. The molecule has 0 aliphatic carbocycles. The van der Waals surface area contributed by atoms with E-state index in [0.29, 0.717) is 5.57 Å². The minimum atomic E-state index is 0.184. The highest BCUT2D eigenvalue weighted by atomic mass is 16.3. The van der Waals surface area contributed by atoms with Crippen LogP contribution in [0.5, 0.6) is 5.75 Å². The highest BCUT2D eigenvalue weighted by Crippen LogP contribution is 2.21. The number of fused-ring (bicyclic) bond motifs is 1. The van der Waals surface area contributed by atoms with Gasteiger partial charge in [-0.2, -0.15) is 5.26 Å². The van der Waals surface area contributed by atoms with Crippen LogP contribution in [0, 0.1) is 11.3 Å². The summed E-state index contributed by atoms with van der Waals surface area (Å²) in [5.74, 6) is 0.184. The molecule has 3 rings (SSSR count). The molecule has 100 valence electrons. The molecule has 0 bridgehead atoms. The Morgan fingerprint density at radius 2 is 1.86 bits per heavy atom. The number of benzene rings is 2. The molecule has 3 nitrogen and oxygen atoms in total. The van der Waals surface area contributed by atoms with Gasteiger partial charge in [-0.25, -0.2) is 0 Å². The van der Waals surface area contributed by atoms with Gasteiger partial charge in [0.15, 0.2) is 0 Å². The third-order valence-corrected chi connectivity index (χ3v) is 3.22. The van der Waals surface area contributed by atoms with Gasteiger partial charge in [-0.1, -0.05) is 18.2 Å². The number of aromatic nitrogens is 1. The normalized spacial score (nSPS) is 11.3. The zero-order valence-corrected chi connectivity index (χ0v) is 11.2. The molecule has 0 aliphatic rings. The minimum Gasteiger partial charge on any atom is -0.508 e. The number of pyridine rings is 1. The summed E-state index contributed by atoms with van der Waals surface area (Å²) in [6.07, 6.45) is 3.55. The number of allylic oxidation sites excluding steroid dienone is 1. The zero-order valence-electron chi connectivity index (χ0n) is 11.2. The smallest absolute Gasteiger partial charge is 0.115 e. The lowest BCUT2D eigenvalue weighted by atomic mass is 10.0. The summed E-state index contributed by atoms with van der Waals surface area (Å²) < 4.78 is 0. The lowest BCUT2D eigenvalue weighted by Crippen LogP contribution is -1.84. The van der Waals surface area contributed by atoms with Crippen LogP contribution in [0.3, 0.4) is 0 Å². The quantitative estimate of drug-likeness (QED) is 0.717. The third kappa shape index (κ3) is 2.75. The van der Waals surface area contributed by atoms with Gasteiger partial charge < -0.3 is 5.11 Å². The number of nitriles is 1. The molecule has 0 fully saturated rings. The Balaban J connectivity index is 2.04. The molecule has 1 heterocycles. The maximum Gasteiger partial charge on any atom is 0.115 e. The van der Waals surface area contributed by atoms with E-state index in [-0.39, 0.29) is 5.75 Å². The van der Waals surface area contributed by atoms with Gasteiger partial charge in [0, 0.05) is 11.6 Å². The Hall–Kier alpha value is -3.12. The second-order valence-corrected chi connectivity index (χ2v) is 4.68. The van der Waals surface area contributed by atoms with Gasteiger partial charge in [-0.15, -0.1) is 0 Å². The molecule has 1 N–H and O–H groups in total. The van der Waals surface area contributed by atoms with Gasteiger partial charge in [-0.05, 0) is 53.6 Å². The summed E-state index contributed by atoms with van der Waals surface area (Å²) in [5, 5.41) is 19.7. The lowest BCUT2D eigenvalue weighted by molar-refractivity contribution is 0.475. The molecule has 0 unspecified atom stereocenters. The van der Waals surface area contributed by atoms with Gasteiger partial charge >= 0.3 is 0 Å². The molecular formula is C18H12N2O. The number of rotatable bonds is 2. The van der Waals surface area contributed by atoms with E-state index < -0.39 is 0 Å². The third-order valence-electron chi connectivity index (χ3n) is 3.22. The van der Waals surface area contributed by atoms with E-state index in [1.165, 1.54) is 0 Å². The monoisotopic (exact) mass is 272 g/mol. The summed E-state index contributed by atoms with van der Waals surface area (Å²) in [6, 6.07) is 18.6. The van der Waals surface area contributed by atoms with Crippen LogP contribution in [0.15, 0.2) is 60.8 Å². The van der Waals surface area contributed by atoms with Crippen molar-refractivity contribution in [3.63, 3.8) is 0 Å². The Morgan fingerprint density at radius 3 is 2.62 bits per heavy atom. The fourth-order valence-electron chi connectivity index (χ4n) is 2.15. The Labute approximate surface area is 122 Å². The molecular weight excluding hydrogens is 260 g/mol. The topological polar surface area (TPSA) is 56.9 Å². The fraction of sp³-hybridized carbons (Fsp3) is 0. The Bertz CT molecular complexity index is 858. The second-order valence-electron chi connectivity index (χ2n) is 4.68. The van der Waals surface area contributed by atoms with Crippen molar-refractivity contribution in [2.24, 2.45) is 0 Å². The molecule has 3 aromatic rings. The lowest BCUT2D eigenvalue weighted by Gasteiger charge is -2.02. The molecule has 0 atom stereocenters. The molecule has 3 heteroatoms. The summed E-state index contributed by atoms with van der Waals surface area (Å²) in [7, 11) is 0. The molecule has 2 aromatic carbocycles. The fourth-order valence-corrected chi connectivity index (χ4v) is 2.15. The van der Waals surface area contributed by atoms with Gasteiger partial charge in [-0.3, -0.25) is 4.98 Å². The van der Waals surface area contributed by atoms with E-state index in [4.69, 9.17) is 0 Å². The summed E-state index contributed by atoms with van der Waals surface area (Å²) in [5.41, 5.74) is 3.10. The van der Waals surface area contributed by atoms with Gasteiger partial charge in [0.25, 0.3) is 0 Å². The Kier molecular flexibility index (Phi) is 3.36. The van der Waals surface area contributed by atoms with Gasteiger partial charge in [0.05, 0.1) is 17.2 Å². The standard InChI is InChI=1S/C18H12N2O/c19-11-16(14-5-7-17(21)8-6-14)10-13-9-15-3-1-2-4-18(15)20-12-13/h1-10,12,21H/b16-10+. The average molecular weight is 272 g/mol. The molecule has 0 saturated carbocycles. The van der Waals surface area contributed by atoms with Crippen LogP contribution in [-0.4, -0.2) is 10.1 Å². The molecule has 0 saturated heterocycles. The Morgan fingerprint density at radius 1 is 1.10 bits per heavy atom. The largest absolute Gasteiger partial charge is 0.508 e. The molecule has 21 heavy (non-hydrogen) atoms. The molecule has 1 aromatic heterocycles. The van der Waals surface area contributed by atoms with Crippen LogP contribution in [0.4, 0.5) is 0 Å². The first kappa shape index (κ1) is 12.9. The predicted molar refractivity (Wildman–Crippen MR) is 83.3 cm³/mol. The molecule has 0 radical (unpaired) electrons. The highest BCUT2D eigenvalue weighted by molar-refractivity contribution is 5.91. The number of hydrogen-bond acceptors (Lipinski definition) is 3. The maximum absolute atomic E-state index is 9.32. The first-order valence-electron chi connectivity index (χ1n) is 6.52. The summed E-state index contributed by atoms with van der Waals surface area (Å²) in [4.78, 5) is 4.38. The van der Waals surface area contributed by atoms with Gasteiger partial charge in [0.2, 0.25) is 0 Å². The first-order chi connectivity index (χ1) is 10.3. The van der Waals surface area contributed by atoms with Crippen LogP contribution in [0.2, 0.25) is 0 Å².